The number of nitrogens with zero attached hydrogens (tertiary/aromatic N) is 2. The van der Waals surface area contributed by atoms with Gasteiger partial charge in [0, 0.05) is 44.3 Å². The molecular weight excluding hydrogens is 693 g/mol. The van der Waals surface area contributed by atoms with Crippen molar-refractivity contribution in [2.75, 3.05) is 4.90 Å². The van der Waals surface area contributed by atoms with Crippen LogP contribution in [0.2, 0.25) is 0 Å². The van der Waals surface area contributed by atoms with Crippen LogP contribution in [0.25, 0.3) is 82.8 Å². The zero-order valence-electron chi connectivity index (χ0n) is 31.1. The van der Waals surface area contributed by atoms with Crippen molar-refractivity contribution >= 4 is 60.8 Å². The summed E-state index contributed by atoms with van der Waals surface area (Å²) < 4.78 is 8.62. The molecule has 11 rings (SSSR count). The third-order valence-corrected chi connectivity index (χ3v) is 11.2. The quantitative estimate of drug-likeness (QED) is 0.163. The summed E-state index contributed by atoms with van der Waals surface area (Å²) >= 11 is 0. The molecular formula is C54H36N2O. The number of rotatable bonds is 7. The van der Waals surface area contributed by atoms with Crippen molar-refractivity contribution in [2.24, 2.45) is 0 Å². The molecule has 0 radical (unpaired) electrons. The van der Waals surface area contributed by atoms with E-state index in [2.05, 4.69) is 216 Å². The number of anilines is 3. The second-order valence-corrected chi connectivity index (χ2v) is 14.6. The molecule has 0 saturated heterocycles. The molecule has 0 unspecified atom stereocenters. The monoisotopic (exact) mass is 728 g/mol. The van der Waals surface area contributed by atoms with Crippen molar-refractivity contribution in [3.8, 4) is 39.1 Å². The maximum absolute atomic E-state index is 6.25. The molecule has 0 fully saturated rings. The largest absolute Gasteiger partial charge is 0.456 e. The number of para-hydroxylation sites is 3. The van der Waals surface area contributed by atoms with Crippen LogP contribution in [0.4, 0.5) is 17.1 Å². The van der Waals surface area contributed by atoms with Gasteiger partial charge in [-0.05, 0) is 124 Å². The molecule has 0 amide bonds. The van der Waals surface area contributed by atoms with E-state index in [-0.39, 0.29) is 0 Å². The second kappa shape index (κ2) is 13.6. The van der Waals surface area contributed by atoms with Crippen LogP contribution in [0.1, 0.15) is 0 Å². The van der Waals surface area contributed by atoms with Gasteiger partial charge in [0.05, 0.1) is 11.0 Å². The second-order valence-electron chi connectivity index (χ2n) is 14.6. The van der Waals surface area contributed by atoms with Crippen molar-refractivity contribution in [3.63, 3.8) is 0 Å². The molecule has 57 heavy (non-hydrogen) atoms. The maximum Gasteiger partial charge on any atom is 0.135 e. The summed E-state index contributed by atoms with van der Waals surface area (Å²) in [5, 5.41) is 4.71. The molecule has 0 atom stereocenters. The van der Waals surface area contributed by atoms with E-state index in [4.69, 9.17) is 4.42 Å². The number of hydrogen-bond acceptors (Lipinski definition) is 2. The Bertz CT molecular complexity index is 3100. The van der Waals surface area contributed by atoms with E-state index in [1.165, 1.54) is 49.6 Å². The van der Waals surface area contributed by atoms with Gasteiger partial charge in [0.2, 0.25) is 0 Å². The topological polar surface area (TPSA) is 21.3 Å². The van der Waals surface area contributed by atoms with Gasteiger partial charge in [0.15, 0.2) is 0 Å². The summed E-state index contributed by atoms with van der Waals surface area (Å²) in [5.41, 5.74) is 15.6. The molecule has 0 saturated carbocycles. The lowest BCUT2D eigenvalue weighted by atomic mass is 9.93. The molecule has 11 aromatic rings. The van der Waals surface area contributed by atoms with Crippen LogP contribution in [-0.4, -0.2) is 4.57 Å². The summed E-state index contributed by atoms with van der Waals surface area (Å²) in [6.07, 6.45) is 0. The van der Waals surface area contributed by atoms with Crippen LogP contribution in [0.5, 0.6) is 0 Å². The highest BCUT2D eigenvalue weighted by Gasteiger charge is 2.18. The number of fused-ring (bicyclic) bond motifs is 6. The standard InChI is InChI=1S/C54H36N2O/c1-3-13-37(14-4-1)40-33-41(38-15-5-2-6-16-38)35-42(34-40)39-23-25-43(26-24-39)55(46-31-32-54-50(36-46)49-19-9-12-22-53(49)57-54)44-27-29-45(30-28-44)56-51-20-10-7-17-47(51)48-18-8-11-21-52(48)56/h1-36H. The Morgan fingerprint density at radius 2 is 0.737 bits per heavy atom. The Labute approximate surface area is 330 Å². The molecule has 0 aliphatic heterocycles. The smallest absolute Gasteiger partial charge is 0.135 e. The Morgan fingerprint density at radius 3 is 1.32 bits per heavy atom. The van der Waals surface area contributed by atoms with Gasteiger partial charge in [-0.1, -0.05) is 127 Å². The van der Waals surface area contributed by atoms with E-state index in [0.29, 0.717) is 0 Å². The number of benzene rings is 9. The summed E-state index contributed by atoms with van der Waals surface area (Å²) in [6.45, 7) is 0. The molecule has 0 bridgehead atoms. The van der Waals surface area contributed by atoms with Gasteiger partial charge < -0.3 is 13.9 Å². The SMILES string of the molecule is c1ccc(-c2cc(-c3ccccc3)cc(-c3ccc(N(c4ccc(-n5c6ccccc6c6ccccc65)cc4)c4ccc5oc6ccccc6c5c4)cc3)c2)cc1. The molecule has 2 aromatic heterocycles. The van der Waals surface area contributed by atoms with E-state index in [1.807, 2.05) is 12.1 Å². The van der Waals surface area contributed by atoms with Gasteiger partial charge >= 0.3 is 0 Å². The Balaban J connectivity index is 1.04. The first-order valence-corrected chi connectivity index (χ1v) is 19.4. The number of furan rings is 1. The van der Waals surface area contributed by atoms with E-state index >= 15 is 0 Å². The zero-order chi connectivity index (χ0) is 37.7. The predicted octanol–water partition coefficient (Wildman–Crippen LogP) is 15.2. The zero-order valence-corrected chi connectivity index (χ0v) is 31.1. The summed E-state index contributed by atoms with van der Waals surface area (Å²) in [5.74, 6) is 0. The maximum atomic E-state index is 6.25. The first-order chi connectivity index (χ1) is 28.2. The third-order valence-electron chi connectivity index (χ3n) is 11.2. The lowest BCUT2D eigenvalue weighted by Gasteiger charge is -2.26. The summed E-state index contributed by atoms with van der Waals surface area (Å²) in [6, 6.07) is 78.2. The molecule has 0 spiro atoms. The average molecular weight is 729 g/mol. The highest BCUT2D eigenvalue weighted by Crippen LogP contribution is 2.41. The third kappa shape index (κ3) is 5.76. The molecule has 9 aromatic carbocycles. The van der Waals surface area contributed by atoms with Crippen molar-refractivity contribution in [1.29, 1.82) is 0 Å². The Hall–Kier alpha value is -7.62. The fourth-order valence-electron chi connectivity index (χ4n) is 8.44. The predicted molar refractivity (Wildman–Crippen MR) is 239 cm³/mol. The fraction of sp³-hybridized carbons (Fsp3) is 0. The van der Waals surface area contributed by atoms with E-state index in [1.54, 1.807) is 0 Å². The molecule has 0 aliphatic carbocycles. The molecule has 2 heterocycles. The number of aromatic nitrogens is 1. The van der Waals surface area contributed by atoms with Crippen molar-refractivity contribution in [2.45, 2.75) is 0 Å². The molecule has 3 heteroatoms. The van der Waals surface area contributed by atoms with Crippen molar-refractivity contribution < 1.29 is 4.42 Å². The highest BCUT2D eigenvalue weighted by atomic mass is 16.3. The van der Waals surface area contributed by atoms with Gasteiger partial charge in [-0.15, -0.1) is 0 Å². The van der Waals surface area contributed by atoms with Gasteiger partial charge in [-0.2, -0.15) is 0 Å². The van der Waals surface area contributed by atoms with Gasteiger partial charge in [0.1, 0.15) is 11.2 Å². The first-order valence-electron chi connectivity index (χ1n) is 19.4. The minimum Gasteiger partial charge on any atom is -0.456 e. The molecule has 0 N–H and O–H groups in total. The van der Waals surface area contributed by atoms with Crippen LogP contribution in [0.3, 0.4) is 0 Å². The normalized spacial score (nSPS) is 11.5. The van der Waals surface area contributed by atoms with Crippen molar-refractivity contribution in [1.82, 2.24) is 4.57 Å². The highest BCUT2D eigenvalue weighted by molar-refractivity contribution is 6.09. The van der Waals surface area contributed by atoms with Crippen LogP contribution in [-0.2, 0) is 0 Å². The molecule has 0 aliphatic rings. The van der Waals surface area contributed by atoms with E-state index in [9.17, 15) is 0 Å². The minimum absolute atomic E-state index is 0.879. The van der Waals surface area contributed by atoms with Crippen LogP contribution >= 0.6 is 0 Å². The van der Waals surface area contributed by atoms with Gasteiger partial charge in [0.25, 0.3) is 0 Å². The fourth-order valence-corrected chi connectivity index (χ4v) is 8.44. The summed E-state index contributed by atoms with van der Waals surface area (Å²) in [7, 11) is 0. The van der Waals surface area contributed by atoms with E-state index in [0.717, 1.165) is 50.3 Å². The molecule has 3 nitrogen and oxygen atoms in total. The van der Waals surface area contributed by atoms with Gasteiger partial charge in [-0.25, -0.2) is 0 Å². The summed E-state index contributed by atoms with van der Waals surface area (Å²) in [4.78, 5) is 2.34. The lowest BCUT2D eigenvalue weighted by molar-refractivity contribution is 0.669. The van der Waals surface area contributed by atoms with Crippen LogP contribution in [0.15, 0.2) is 223 Å². The Morgan fingerprint density at radius 1 is 0.298 bits per heavy atom. The Kier molecular flexibility index (Phi) is 7.82. The molecule has 268 valence electrons. The van der Waals surface area contributed by atoms with Crippen molar-refractivity contribution in [3.05, 3.63) is 218 Å². The minimum atomic E-state index is 0.879. The van der Waals surface area contributed by atoms with Crippen LogP contribution in [0, 0.1) is 0 Å². The first kappa shape index (κ1) is 32.8. The van der Waals surface area contributed by atoms with Crippen LogP contribution < -0.4 is 4.90 Å². The number of hydrogen-bond donors (Lipinski definition) is 0. The lowest BCUT2D eigenvalue weighted by Crippen LogP contribution is -2.10. The van der Waals surface area contributed by atoms with Gasteiger partial charge in [-0.3, -0.25) is 0 Å². The van der Waals surface area contributed by atoms with E-state index < -0.39 is 0 Å². The average Bonchev–Trinajstić information content (AvgIpc) is 3.83.